The van der Waals surface area contributed by atoms with Gasteiger partial charge in [0.1, 0.15) is 0 Å². The zero-order valence-corrected chi connectivity index (χ0v) is 5.84. The molecule has 0 saturated heterocycles. The summed E-state index contributed by atoms with van der Waals surface area (Å²) in [6.07, 6.45) is 1.39. The molecule has 0 aliphatic rings. The zero-order chi connectivity index (χ0) is 6.85. The fourth-order valence-electron chi connectivity index (χ4n) is 0.421. The number of H-pyrrole nitrogens is 1. The number of nitrogens with one attached hydrogen (secondary N) is 1. The Morgan fingerprint density at radius 3 is 2.78 bits per heavy atom. The van der Waals surface area contributed by atoms with Gasteiger partial charge in [0.25, 0.3) is 0 Å². The third-order valence-electron chi connectivity index (χ3n) is 0.807. The summed E-state index contributed by atoms with van der Waals surface area (Å²) in [5.41, 5.74) is 0.0787. The third kappa shape index (κ3) is 1.10. The fourth-order valence-corrected chi connectivity index (χ4v) is 0.782. The summed E-state index contributed by atoms with van der Waals surface area (Å²) in [5, 5.41) is 14.2. The fraction of sp³-hybridized carbons (Fsp3) is 0. The van der Waals surface area contributed by atoms with E-state index in [1.54, 1.807) is 0 Å². The van der Waals surface area contributed by atoms with Crippen molar-refractivity contribution in [1.29, 1.82) is 0 Å². The number of carboxylic acid groups (broad SMARTS) is 1. The first kappa shape index (κ1) is 6.28. The summed E-state index contributed by atoms with van der Waals surface area (Å²) in [6.45, 7) is 0. The van der Waals surface area contributed by atoms with E-state index >= 15 is 0 Å². The molecule has 0 unspecified atom stereocenters. The van der Waals surface area contributed by atoms with Crippen molar-refractivity contribution in [2.45, 2.75) is 0 Å². The average Bonchev–Trinajstić information content (AvgIpc) is 2.13. The molecule has 0 aliphatic carbocycles. The van der Waals surface area contributed by atoms with Gasteiger partial charge in [0, 0.05) is 0 Å². The first-order valence-corrected chi connectivity index (χ1v) is 2.93. The highest BCUT2D eigenvalue weighted by atomic mass is 79.9. The lowest BCUT2D eigenvalue weighted by Gasteiger charge is -1.84. The Morgan fingerprint density at radius 1 is 1.89 bits per heavy atom. The highest BCUT2D eigenvalue weighted by Crippen LogP contribution is 2.11. The van der Waals surface area contributed by atoms with Crippen LogP contribution in [0.15, 0.2) is 10.7 Å². The molecular weight excluding hydrogens is 188 g/mol. The van der Waals surface area contributed by atoms with Gasteiger partial charge in [0.05, 0.1) is 10.7 Å². The molecule has 0 spiro atoms. The van der Waals surface area contributed by atoms with E-state index in [1.165, 1.54) is 6.20 Å². The second-order valence-electron chi connectivity index (χ2n) is 1.40. The molecule has 1 rings (SSSR count). The Morgan fingerprint density at radius 2 is 2.56 bits per heavy atom. The molecule has 2 N–H and O–H groups in total. The van der Waals surface area contributed by atoms with Gasteiger partial charge in [-0.3, -0.25) is 5.10 Å². The second-order valence-corrected chi connectivity index (χ2v) is 2.25. The predicted molar refractivity (Wildman–Crippen MR) is 33.2 cm³/mol. The van der Waals surface area contributed by atoms with Crippen molar-refractivity contribution in [2.24, 2.45) is 0 Å². The van der Waals surface area contributed by atoms with Crippen molar-refractivity contribution in [3.05, 3.63) is 16.4 Å². The molecule has 0 radical (unpaired) electrons. The van der Waals surface area contributed by atoms with Gasteiger partial charge in [-0.05, 0) is 15.9 Å². The van der Waals surface area contributed by atoms with Gasteiger partial charge in [-0.1, -0.05) is 0 Å². The van der Waals surface area contributed by atoms with Crippen LogP contribution in [0.3, 0.4) is 0 Å². The van der Waals surface area contributed by atoms with Gasteiger partial charge in [0.2, 0.25) is 0 Å². The third-order valence-corrected chi connectivity index (χ3v) is 1.41. The number of aromatic amines is 1. The number of carboxylic acids is 1. The van der Waals surface area contributed by atoms with Crippen molar-refractivity contribution in [2.75, 3.05) is 0 Å². The van der Waals surface area contributed by atoms with Gasteiger partial charge in [-0.25, -0.2) is 4.79 Å². The summed E-state index contributed by atoms with van der Waals surface area (Å²) >= 11 is 2.99. The molecule has 0 aromatic carbocycles. The molecule has 0 bridgehead atoms. The van der Waals surface area contributed by atoms with Crippen LogP contribution in [0.4, 0.5) is 0 Å². The summed E-state index contributed by atoms with van der Waals surface area (Å²) in [4.78, 5) is 10.2. The largest absolute Gasteiger partial charge is 0.476 e. The molecule has 1 aromatic rings. The summed E-state index contributed by atoms with van der Waals surface area (Å²) in [6, 6.07) is 0. The Labute approximate surface area is 59.0 Å². The number of rotatable bonds is 1. The molecule has 48 valence electrons. The molecule has 0 atom stereocenters. The molecule has 1 heterocycles. The highest BCUT2D eigenvalue weighted by molar-refractivity contribution is 9.10. The number of aromatic carboxylic acids is 1. The molecule has 0 aliphatic heterocycles. The second kappa shape index (κ2) is 2.18. The number of nitrogens with zero attached hydrogens (tertiary/aromatic N) is 1. The van der Waals surface area contributed by atoms with Crippen molar-refractivity contribution < 1.29 is 9.90 Å². The Balaban J connectivity index is 3.08. The van der Waals surface area contributed by atoms with Crippen molar-refractivity contribution in [1.82, 2.24) is 10.2 Å². The maximum Gasteiger partial charge on any atom is 0.355 e. The van der Waals surface area contributed by atoms with E-state index in [9.17, 15) is 4.79 Å². The van der Waals surface area contributed by atoms with Crippen molar-refractivity contribution >= 4 is 21.9 Å². The van der Waals surface area contributed by atoms with Gasteiger partial charge in [0.15, 0.2) is 5.69 Å². The van der Waals surface area contributed by atoms with Crippen LogP contribution < -0.4 is 0 Å². The average molecular weight is 191 g/mol. The number of halogens is 1. The number of aromatic nitrogens is 2. The molecule has 9 heavy (non-hydrogen) atoms. The molecule has 0 saturated carbocycles. The standard InChI is InChI=1S/C4H3BrN2O2/c5-2-1-6-7-3(2)4(8)9/h1H,(H,6,7)(H,8,9). The normalized spacial score (nSPS) is 9.44. The minimum absolute atomic E-state index is 0.0787. The van der Waals surface area contributed by atoms with Crippen LogP contribution in [0, 0.1) is 0 Å². The van der Waals surface area contributed by atoms with Crippen LogP contribution in [-0.2, 0) is 0 Å². The van der Waals surface area contributed by atoms with Gasteiger partial charge < -0.3 is 5.11 Å². The first-order valence-electron chi connectivity index (χ1n) is 2.14. The smallest absolute Gasteiger partial charge is 0.355 e. The number of carbonyl (C=O) groups is 1. The molecule has 0 fully saturated rings. The van der Waals surface area contributed by atoms with Crippen LogP contribution in [0.2, 0.25) is 0 Å². The van der Waals surface area contributed by atoms with Gasteiger partial charge in [-0.15, -0.1) is 0 Å². The Bertz CT molecular complexity index is 232. The minimum Gasteiger partial charge on any atom is -0.476 e. The summed E-state index contributed by atoms with van der Waals surface area (Å²) in [5.74, 6) is -1.01. The van der Waals surface area contributed by atoms with E-state index in [4.69, 9.17) is 5.11 Å². The van der Waals surface area contributed by atoms with E-state index in [0.29, 0.717) is 4.47 Å². The van der Waals surface area contributed by atoms with E-state index in [1.807, 2.05) is 0 Å². The van der Waals surface area contributed by atoms with E-state index in [0.717, 1.165) is 0 Å². The van der Waals surface area contributed by atoms with Gasteiger partial charge >= 0.3 is 5.97 Å². The lowest BCUT2D eigenvalue weighted by atomic mass is 10.4. The maximum absolute atomic E-state index is 10.2. The van der Waals surface area contributed by atoms with Crippen LogP contribution in [0.5, 0.6) is 0 Å². The van der Waals surface area contributed by atoms with E-state index in [2.05, 4.69) is 26.1 Å². The highest BCUT2D eigenvalue weighted by Gasteiger charge is 2.08. The van der Waals surface area contributed by atoms with Crippen LogP contribution in [0.25, 0.3) is 0 Å². The zero-order valence-electron chi connectivity index (χ0n) is 4.26. The molecule has 4 nitrogen and oxygen atoms in total. The van der Waals surface area contributed by atoms with E-state index in [-0.39, 0.29) is 5.69 Å². The lowest BCUT2D eigenvalue weighted by Crippen LogP contribution is -1.96. The molecule has 0 amide bonds. The molecule has 1 aromatic heterocycles. The number of hydrogen-bond donors (Lipinski definition) is 2. The topological polar surface area (TPSA) is 66.0 Å². The maximum atomic E-state index is 10.2. The monoisotopic (exact) mass is 190 g/mol. The Kier molecular flexibility index (Phi) is 1.52. The predicted octanol–water partition coefficient (Wildman–Crippen LogP) is 0.870. The van der Waals surface area contributed by atoms with Gasteiger partial charge in [-0.2, -0.15) is 5.10 Å². The molecular formula is C4H3BrN2O2. The van der Waals surface area contributed by atoms with Crippen molar-refractivity contribution in [3.8, 4) is 0 Å². The SMILES string of the molecule is O=C(O)c1[nH]ncc1Br. The quantitative estimate of drug-likeness (QED) is 0.691. The Hall–Kier alpha value is -0.840. The van der Waals surface area contributed by atoms with Crippen LogP contribution >= 0.6 is 15.9 Å². The van der Waals surface area contributed by atoms with Crippen molar-refractivity contribution in [3.63, 3.8) is 0 Å². The lowest BCUT2D eigenvalue weighted by molar-refractivity contribution is 0.0689. The summed E-state index contributed by atoms with van der Waals surface area (Å²) in [7, 11) is 0. The summed E-state index contributed by atoms with van der Waals surface area (Å²) < 4.78 is 0.468. The van der Waals surface area contributed by atoms with E-state index < -0.39 is 5.97 Å². The minimum atomic E-state index is -1.01. The van der Waals surface area contributed by atoms with Crippen LogP contribution in [0.1, 0.15) is 10.5 Å². The number of hydrogen-bond acceptors (Lipinski definition) is 2. The molecule has 5 heteroatoms. The van der Waals surface area contributed by atoms with Crippen LogP contribution in [-0.4, -0.2) is 21.3 Å². The first-order chi connectivity index (χ1) is 4.22.